The van der Waals surface area contributed by atoms with Gasteiger partial charge in [-0.3, -0.25) is 14.5 Å². The van der Waals surface area contributed by atoms with E-state index in [1.807, 2.05) is 4.90 Å². The lowest BCUT2D eigenvalue weighted by Gasteiger charge is -2.37. The summed E-state index contributed by atoms with van der Waals surface area (Å²) in [7, 11) is 1.57. The minimum atomic E-state index is -0.197. The van der Waals surface area contributed by atoms with Crippen LogP contribution in [0.15, 0.2) is 16.9 Å². The van der Waals surface area contributed by atoms with E-state index in [2.05, 4.69) is 10.00 Å². The van der Waals surface area contributed by atoms with Crippen LogP contribution >= 0.6 is 0 Å². The zero-order chi connectivity index (χ0) is 14.8. The Morgan fingerprint density at radius 1 is 1.14 bits per heavy atom. The van der Waals surface area contributed by atoms with Crippen molar-refractivity contribution in [3.63, 3.8) is 0 Å². The summed E-state index contributed by atoms with van der Waals surface area (Å²) in [6, 6.07) is 3.64. The van der Waals surface area contributed by atoms with Crippen LogP contribution in [0.3, 0.4) is 0 Å². The molecule has 0 spiro atoms. The average molecular weight is 290 g/mol. The Bertz CT molecular complexity index is 569. The summed E-state index contributed by atoms with van der Waals surface area (Å²) in [5.41, 5.74) is 0.156. The molecule has 2 heterocycles. The number of carbonyl (C=O) groups is 1. The first kappa shape index (κ1) is 14.3. The number of aromatic nitrogens is 2. The predicted molar refractivity (Wildman–Crippen MR) is 79.2 cm³/mol. The van der Waals surface area contributed by atoms with Crippen molar-refractivity contribution in [3.8, 4) is 0 Å². The van der Waals surface area contributed by atoms with E-state index in [-0.39, 0.29) is 11.5 Å². The van der Waals surface area contributed by atoms with Crippen LogP contribution in [0.25, 0.3) is 0 Å². The highest BCUT2D eigenvalue weighted by Crippen LogP contribution is 2.24. The third-order valence-electron chi connectivity index (χ3n) is 4.62. The molecule has 21 heavy (non-hydrogen) atoms. The van der Waals surface area contributed by atoms with Crippen LogP contribution in [0.1, 0.15) is 36.2 Å². The molecule has 0 N–H and O–H groups in total. The molecule has 0 bridgehead atoms. The molecule has 0 atom stereocenters. The molecule has 2 aliphatic rings. The molecule has 1 saturated heterocycles. The zero-order valence-corrected chi connectivity index (χ0v) is 12.5. The monoisotopic (exact) mass is 290 g/mol. The molecule has 1 aromatic heterocycles. The molecule has 0 aromatic carbocycles. The minimum Gasteiger partial charge on any atom is -0.335 e. The van der Waals surface area contributed by atoms with Gasteiger partial charge in [0.15, 0.2) is 0 Å². The van der Waals surface area contributed by atoms with Gasteiger partial charge in [-0.25, -0.2) is 4.68 Å². The van der Waals surface area contributed by atoms with E-state index >= 15 is 0 Å². The third-order valence-corrected chi connectivity index (χ3v) is 4.62. The van der Waals surface area contributed by atoms with E-state index in [0.717, 1.165) is 32.2 Å². The largest absolute Gasteiger partial charge is 0.335 e. The van der Waals surface area contributed by atoms with Crippen molar-refractivity contribution in [3.05, 3.63) is 28.2 Å². The lowest BCUT2D eigenvalue weighted by molar-refractivity contribution is 0.0565. The van der Waals surface area contributed by atoms with Crippen LogP contribution in [-0.4, -0.2) is 57.7 Å². The summed E-state index contributed by atoms with van der Waals surface area (Å²) in [6.07, 6.45) is 5.28. The Labute approximate surface area is 124 Å². The fourth-order valence-electron chi connectivity index (χ4n) is 3.34. The van der Waals surface area contributed by atoms with E-state index in [4.69, 9.17) is 0 Å². The number of piperazine rings is 1. The smallest absolute Gasteiger partial charge is 0.274 e. The number of carbonyl (C=O) groups excluding carboxylic acids is 1. The standard InChI is InChI=1S/C15H22N4O2/c1-17-14(20)7-6-13(16-17)15(21)19-10-8-18(9-11-19)12-4-2-3-5-12/h6-7,12H,2-5,8-11H2,1H3. The molecule has 0 radical (unpaired) electrons. The number of hydrogen-bond donors (Lipinski definition) is 0. The van der Waals surface area contributed by atoms with Crippen LogP contribution in [0, 0.1) is 0 Å². The summed E-state index contributed by atoms with van der Waals surface area (Å²) in [4.78, 5) is 28.1. The van der Waals surface area contributed by atoms with Crippen molar-refractivity contribution in [2.24, 2.45) is 7.05 Å². The van der Waals surface area contributed by atoms with E-state index in [0.29, 0.717) is 5.69 Å². The highest BCUT2D eigenvalue weighted by Gasteiger charge is 2.28. The second kappa shape index (κ2) is 5.97. The molecule has 1 aromatic rings. The fraction of sp³-hybridized carbons (Fsp3) is 0.667. The van der Waals surface area contributed by atoms with E-state index < -0.39 is 0 Å². The average Bonchev–Trinajstić information content (AvgIpc) is 3.04. The summed E-state index contributed by atoms with van der Waals surface area (Å²) >= 11 is 0. The molecule has 6 nitrogen and oxygen atoms in total. The maximum atomic E-state index is 12.4. The fourth-order valence-corrected chi connectivity index (χ4v) is 3.34. The lowest BCUT2D eigenvalue weighted by Crippen LogP contribution is -2.51. The maximum Gasteiger partial charge on any atom is 0.274 e. The molecule has 1 aliphatic carbocycles. The lowest BCUT2D eigenvalue weighted by atomic mass is 10.1. The summed E-state index contributed by atoms with van der Waals surface area (Å²) < 4.78 is 1.21. The van der Waals surface area contributed by atoms with Gasteiger partial charge in [0.25, 0.3) is 11.5 Å². The molecular weight excluding hydrogens is 268 g/mol. The summed E-state index contributed by atoms with van der Waals surface area (Å²) in [5.74, 6) is -0.0725. The molecule has 1 amide bonds. The van der Waals surface area contributed by atoms with Gasteiger partial charge < -0.3 is 4.90 Å². The number of aryl methyl sites for hydroxylation is 1. The first-order valence-electron chi connectivity index (χ1n) is 7.73. The SMILES string of the molecule is Cn1nc(C(=O)N2CCN(C3CCCC3)CC2)ccc1=O. The van der Waals surface area contributed by atoms with Crippen LogP contribution in [0.5, 0.6) is 0 Å². The molecular formula is C15H22N4O2. The van der Waals surface area contributed by atoms with Crippen molar-refractivity contribution in [1.82, 2.24) is 19.6 Å². The zero-order valence-electron chi connectivity index (χ0n) is 12.5. The van der Waals surface area contributed by atoms with Crippen molar-refractivity contribution >= 4 is 5.91 Å². The third kappa shape index (κ3) is 3.00. The molecule has 0 unspecified atom stereocenters. The number of rotatable bonds is 2. The molecule has 2 fully saturated rings. The van der Waals surface area contributed by atoms with Gasteiger partial charge in [0.1, 0.15) is 5.69 Å². The second-order valence-electron chi connectivity index (χ2n) is 5.95. The van der Waals surface area contributed by atoms with Crippen molar-refractivity contribution in [2.45, 2.75) is 31.7 Å². The first-order valence-corrected chi connectivity index (χ1v) is 7.73. The Morgan fingerprint density at radius 2 is 1.81 bits per heavy atom. The van der Waals surface area contributed by atoms with Gasteiger partial charge in [-0.2, -0.15) is 5.10 Å². The van der Waals surface area contributed by atoms with Gasteiger partial charge in [0.2, 0.25) is 0 Å². The summed E-state index contributed by atoms with van der Waals surface area (Å²) in [6.45, 7) is 3.39. The van der Waals surface area contributed by atoms with Gasteiger partial charge in [-0.15, -0.1) is 0 Å². The predicted octanol–water partition coefficient (Wildman–Crippen LogP) is 0.481. The van der Waals surface area contributed by atoms with Gasteiger partial charge in [-0.1, -0.05) is 12.8 Å². The van der Waals surface area contributed by atoms with Crippen LogP contribution in [0.2, 0.25) is 0 Å². The molecule has 6 heteroatoms. The Kier molecular flexibility index (Phi) is 4.05. The first-order chi connectivity index (χ1) is 10.1. The van der Waals surface area contributed by atoms with Crippen LogP contribution in [0.4, 0.5) is 0 Å². The van der Waals surface area contributed by atoms with Crippen LogP contribution in [-0.2, 0) is 7.05 Å². The summed E-state index contributed by atoms with van der Waals surface area (Å²) in [5, 5.41) is 4.04. The van der Waals surface area contributed by atoms with E-state index in [9.17, 15) is 9.59 Å². The van der Waals surface area contributed by atoms with E-state index in [1.165, 1.54) is 42.5 Å². The molecule has 1 aliphatic heterocycles. The normalized spacial score (nSPS) is 20.9. The number of hydrogen-bond acceptors (Lipinski definition) is 4. The van der Waals surface area contributed by atoms with Crippen molar-refractivity contribution in [2.75, 3.05) is 26.2 Å². The Morgan fingerprint density at radius 3 is 2.43 bits per heavy atom. The molecule has 3 rings (SSSR count). The Balaban J connectivity index is 1.61. The van der Waals surface area contributed by atoms with Crippen molar-refractivity contribution in [1.29, 1.82) is 0 Å². The second-order valence-corrected chi connectivity index (χ2v) is 5.95. The van der Waals surface area contributed by atoms with Crippen molar-refractivity contribution < 1.29 is 4.79 Å². The van der Waals surface area contributed by atoms with Gasteiger partial charge >= 0.3 is 0 Å². The van der Waals surface area contributed by atoms with Crippen LogP contribution < -0.4 is 5.56 Å². The highest BCUT2D eigenvalue weighted by atomic mass is 16.2. The number of amides is 1. The number of nitrogens with zero attached hydrogens (tertiary/aromatic N) is 4. The highest BCUT2D eigenvalue weighted by molar-refractivity contribution is 5.92. The molecule has 1 saturated carbocycles. The molecule has 114 valence electrons. The maximum absolute atomic E-state index is 12.4. The van der Waals surface area contributed by atoms with Gasteiger partial charge in [-0.05, 0) is 18.9 Å². The topological polar surface area (TPSA) is 58.4 Å². The Hall–Kier alpha value is -1.69. The minimum absolute atomic E-state index is 0.0725. The van der Waals surface area contributed by atoms with Gasteiger partial charge in [0.05, 0.1) is 0 Å². The van der Waals surface area contributed by atoms with Gasteiger partial charge in [0, 0.05) is 45.3 Å². The van der Waals surface area contributed by atoms with E-state index in [1.54, 1.807) is 7.05 Å². The quantitative estimate of drug-likeness (QED) is 0.795.